The molecule has 3 rings (SSSR count). The largest absolute Gasteiger partial charge is 0.493 e. The number of benzene rings is 1. The van der Waals surface area contributed by atoms with Crippen LogP contribution in [0.15, 0.2) is 47.8 Å². The highest BCUT2D eigenvalue weighted by molar-refractivity contribution is 8.23. The Bertz CT molecular complexity index is 796. The zero-order valence-corrected chi connectivity index (χ0v) is 15.0. The van der Waals surface area contributed by atoms with Crippen molar-refractivity contribution in [2.75, 3.05) is 12.9 Å². The highest BCUT2D eigenvalue weighted by atomic mass is 32.2. The first-order valence-corrected chi connectivity index (χ1v) is 8.80. The van der Waals surface area contributed by atoms with Gasteiger partial charge in [-0.3, -0.25) is 9.78 Å². The normalized spacial score (nSPS) is 14.4. The molecule has 0 atom stereocenters. The van der Waals surface area contributed by atoms with Crippen LogP contribution in [0, 0.1) is 0 Å². The number of hydrazone groups is 1. The number of thiocarbonyl (C=S) groups is 1. The Balaban J connectivity index is 1.71. The highest BCUT2D eigenvalue weighted by Gasteiger charge is 2.25. The van der Waals surface area contributed by atoms with Gasteiger partial charge in [0.25, 0.3) is 5.91 Å². The van der Waals surface area contributed by atoms with Crippen molar-refractivity contribution in [2.24, 2.45) is 5.10 Å². The number of methoxy groups -OCH3 is 1. The molecule has 6 nitrogen and oxygen atoms in total. The van der Waals surface area contributed by atoms with E-state index in [2.05, 4.69) is 10.1 Å². The van der Waals surface area contributed by atoms with Gasteiger partial charge in [0.1, 0.15) is 6.61 Å². The van der Waals surface area contributed by atoms with Crippen molar-refractivity contribution >= 4 is 40.4 Å². The van der Waals surface area contributed by atoms with Gasteiger partial charge in [0.2, 0.25) is 0 Å². The molecule has 1 saturated heterocycles. The maximum atomic E-state index is 11.7. The molecule has 1 aliphatic heterocycles. The van der Waals surface area contributed by atoms with Crippen molar-refractivity contribution in [1.82, 2.24) is 9.99 Å². The Hall–Kier alpha value is -2.45. The Morgan fingerprint density at radius 1 is 1.32 bits per heavy atom. The summed E-state index contributed by atoms with van der Waals surface area (Å²) in [6.07, 6.45) is 5.01. The number of hydrogen-bond donors (Lipinski definition) is 0. The second kappa shape index (κ2) is 8.09. The van der Waals surface area contributed by atoms with E-state index in [0.717, 1.165) is 11.1 Å². The topological polar surface area (TPSA) is 64.0 Å². The molecule has 2 heterocycles. The molecule has 1 aromatic carbocycles. The molecule has 8 heteroatoms. The third-order valence-corrected chi connectivity index (χ3v) is 4.72. The molecule has 0 unspecified atom stereocenters. The van der Waals surface area contributed by atoms with Crippen LogP contribution >= 0.6 is 24.0 Å². The average Bonchev–Trinajstić information content (AvgIpc) is 2.97. The summed E-state index contributed by atoms with van der Waals surface area (Å²) < 4.78 is 11.6. The van der Waals surface area contributed by atoms with E-state index in [1.165, 1.54) is 16.8 Å². The first-order chi connectivity index (χ1) is 12.2. The van der Waals surface area contributed by atoms with Crippen molar-refractivity contribution in [3.63, 3.8) is 0 Å². The van der Waals surface area contributed by atoms with Gasteiger partial charge in [-0.15, -0.1) is 0 Å². The van der Waals surface area contributed by atoms with Gasteiger partial charge in [-0.25, -0.2) is 0 Å². The summed E-state index contributed by atoms with van der Waals surface area (Å²) in [4.78, 5) is 15.6. The molecule has 0 bridgehead atoms. The maximum absolute atomic E-state index is 11.7. The lowest BCUT2D eigenvalue weighted by molar-refractivity contribution is -0.123. The minimum atomic E-state index is -0.115. The summed E-state index contributed by atoms with van der Waals surface area (Å²) in [7, 11) is 1.57. The van der Waals surface area contributed by atoms with Gasteiger partial charge in [0, 0.05) is 12.4 Å². The Labute approximate surface area is 154 Å². The first kappa shape index (κ1) is 17.4. The van der Waals surface area contributed by atoms with Crippen LogP contribution in [0.1, 0.15) is 11.1 Å². The summed E-state index contributed by atoms with van der Waals surface area (Å²) in [5.74, 6) is 1.43. The van der Waals surface area contributed by atoms with Crippen molar-refractivity contribution in [3.8, 4) is 11.5 Å². The third-order valence-electron chi connectivity index (χ3n) is 3.38. The monoisotopic (exact) mass is 373 g/mol. The SMILES string of the molecule is COc1cc(/C=N/N2C(=O)CSC2=S)ccc1OCc1ccncc1. The molecular formula is C17H15N3O3S2. The van der Waals surface area contributed by atoms with E-state index >= 15 is 0 Å². The molecule has 0 radical (unpaired) electrons. The number of nitrogens with zero attached hydrogens (tertiary/aromatic N) is 3. The number of ether oxygens (including phenoxy) is 2. The molecule has 1 amide bonds. The fraction of sp³-hybridized carbons (Fsp3) is 0.176. The van der Waals surface area contributed by atoms with E-state index < -0.39 is 0 Å². The van der Waals surface area contributed by atoms with Gasteiger partial charge in [-0.1, -0.05) is 24.0 Å². The molecule has 1 aromatic heterocycles. The number of carbonyl (C=O) groups excluding carboxylic acids is 1. The zero-order valence-electron chi connectivity index (χ0n) is 13.4. The van der Waals surface area contributed by atoms with Crippen LogP contribution in [0.2, 0.25) is 0 Å². The number of hydrogen-bond acceptors (Lipinski definition) is 7. The molecule has 2 aromatic rings. The molecule has 0 saturated carbocycles. The molecule has 0 N–H and O–H groups in total. The van der Waals surface area contributed by atoms with Crippen molar-refractivity contribution < 1.29 is 14.3 Å². The van der Waals surface area contributed by atoms with Gasteiger partial charge >= 0.3 is 0 Å². The van der Waals surface area contributed by atoms with Crippen LogP contribution < -0.4 is 9.47 Å². The number of rotatable bonds is 6. The standard InChI is InChI=1S/C17H15N3O3S2/c1-22-15-8-13(9-19-20-16(21)11-25-17(20)24)2-3-14(15)23-10-12-4-6-18-7-5-12/h2-9H,10-11H2,1H3/b19-9+. The maximum Gasteiger partial charge on any atom is 0.259 e. The second-order valence-corrected chi connectivity index (χ2v) is 6.67. The van der Waals surface area contributed by atoms with Gasteiger partial charge in [0.05, 0.1) is 19.1 Å². The number of carbonyl (C=O) groups is 1. The number of amides is 1. The van der Waals surface area contributed by atoms with Gasteiger partial charge in [0.15, 0.2) is 15.8 Å². The predicted octanol–water partition coefficient (Wildman–Crippen LogP) is 2.86. The Morgan fingerprint density at radius 2 is 2.12 bits per heavy atom. The van der Waals surface area contributed by atoms with Gasteiger partial charge in [-0.2, -0.15) is 10.1 Å². The van der Waals surface area contributed by atoms with Crippen LogP contribution in [0.4, 0.5) is 0 Å². The fourth-order valence-corrected chi connectivity index (χ4v) is 3.07. The van der Waals surface area contributed by atoms with Gasteiger partial charge < -0.3 is 9.47 Å². The van der Waals surface area contributed by atoms with Crippen LogP contribution in [0.25, 0.3) is 0 Å². The van der Waals surface area contributed by atoms with E-state index in [1.54, 1.807) is 37.9 Å². The quantitative estimate of drug-likeness (QED) is 0.573. The predicted molar refractivity (Wildman–Crippen MR) is 101 cm³/mol. The van der Waals surface area contributed by atoms with Gasteiger partial charge in [-0.05, 0) is 41.5 Å². The summed E-state index contributed by atoms with van der Waals surface area (Å²) in [5, 5.41) is 5.38. The smallest absolute Gasteiger partial charge is 0.259 e. The first-order valence-electron chi connectivity index (χ1n) is 7.41. The molecule has 0 spiro atoms. The molecular weight excluding hydrogens is 358 g/mol. The number of thioether (sulfide) groups is 1. The van der Waals surface area contributed by atoms with E-state index in [1.807, 2.05) is 18.2 Å². The second-order valence-electron chi connectivity index (χ2n) is 5.06. The van der Waals surface area contributed by atoms with Crippen molar-refractivity contribution in [2.45, 2.75) is 6.61 Å². The zero-order chi connectivity index (χ0) is 17.6. The molecule has 25 heavy (non-hydrogen) atoms. The lowest BCUT2D eigenvalue weighted by Crippen LogP contribution is -2.22. The minimum absolute atomic E-state index is 0.115. The lowest BCUT2D eigenvalue weighted by Gasteiger charge is -2.11. The van der Waals surface area contributed by atoms with Crippen molar-refractivity contribution in [3.05, 3.63) is 53.9 Å². The third kappa shape index (κ3) is 4.34. The summed E-state index contributed by atoms with van der Waals surface area (Å²) >= 11 is 6.40. The highest BCUT2D eigenvalue weighted by Crippen LogP contribution is 2.28. The molecule has 128 valence electrons. The van der Waals surface area contributed by atoms with Crippen LogP contribution in [0.3, 0.4) is 0 Å². The Morgan fingerprint density at radius 3 is 2.80 bits per heavy atom. The van der Waals surface area contributed by atoms with Crippen LogP contribution in [-0.2, 0) is 11.4 Å². The molecule has 1 aliphatic rings. The Kier molecular flexibility index (Phi) is 5.62. The lowest BCUT2D eigenvalue weighted by atomic mass is 10.2. The average molecular weight is 373 g/mol. The van der Waals surface area contributed by atoms with E-state index in [-0.39, 0.29) is 5.91 Å². The molecule has 1 fully saturated rings. The fourth-order valence-electron chi connectivity index (χ4n) is 2.11. The molecule has 0 aliphatic carbocycles. The summed E-state index contributed by atoms with van der Waals surface area (Å²) in [5.41, 5.74) is 1.79. The summed E-state index contributed by atoms with van der Waals surface area (Å²) in [6.45, 7) is 0.417. The number of pyridine rings is 1. The summed E-state index contributed by atoms with van der Waals surface area (Å²) in [6, 6.07) is 9.22. The van der Waals surface area contributed by atoms with E-state index in [9.17, 15) is 4.79 Å². The van der Waals surface area contributed by atoms with E-state index in [0.29, 0.717) is 28.2 Å². The number of aromatic nitrogens is 1. The minimum Gasteiger partial charge on any atom is -0.493 e. The van der Waals surface area contributed by atoms with Crippen molar-refractivity contribution in [1.29, 1.82) is 0 Å². The van der Waals surface area contributed by atoms with Crippen LogP contribution in [0.5, 0.6) is 11.5 Å². The van der Waals surface area contributed by atoms with E-state index in [4.69, 9.17) is 21.7 Å². The van der Waals surface area contributed by atoms with Crippen LogP contribution in [-0.4, -0.2) is 39.3 Å².